The Hall–Kier alpha value is -1.23. The lowest BCUT2D eigenvalue weighted by Crippen LogP contribution is -2.38. The molecule has 1 aliphatic carbocycles. The zero-order valence-corrected chi connectivity index (χ0v) is 15.6. The van der Waals surface area contributed by atoms with Crippen LogP contribution >= 0.6 is 27.5 Å². The number of carbonyl (C=O) groups excluding carboxylic acids is 1. The summed E-state index contributed by atoms with van der Waals surface area (Å²) in [6.45, 7) is 1.59. The van der Waals surface area contributed by atoms with Crippen molar-refractivity contribution < 1.29 is 4.79 Å². The molecule has 124 valence electrons. The maximum Gasteiger partial charge on any atom is 0.135 e. The van der Waals surface area contributed by atoms with E-state index in [1.165, 1.54) is 16.7 Å². The van der Waals surface area contributed by atoms with E-state index in [1.807, 2.05) is 12.3 Å². The molecule has 0 bridgehead atoms. The Labute approximate surface area is 155 Å². The molecular formula is C19H18BrClN2O. The van der Waals surface area contributed by atoms with Crippen molar-refractivity contribution >= 4 is 33.3 Å². The van der Waals surface area contributed by atoms with Gasteiger partial charge in [0.1, 0.15) is 5.78 Å². The molecule has 2 aliphatic rings. The first kappa shape index (κ1) is 16.2. The molecule has 4 rings (SSSR count). The van der Waals surface area contributed by atoms with E-state index < -0.39 is 0 Å². The Morgan fingerprint density at radius 1 is 1.08 bits per heavy atom. The molecule has 0 N–H and O–H groups in total. The second-order valence-corrected chi connectivity index (χ2v) is 7.87. The molecule has 0 radical (unpaired) electrons. The largest absolute Gasteiger partial charge is 0.300 e. The molecule has 1 aliphatic heterocycles. The van der Waals surface area contributed by atoms with Gasteiger partial charge in [-0.1, -0.05) is 17.7 Å². The fourth-order valence-electron chi connectivity index (χ4n) is 3.81. The average Bonchev–Trinajstić information content (AvgIpc) is 2.72. The zero-order valence-electron chi connectivity index (χ0n) is 13.3. The quantitative estimate of drug-likeness (QED) is 0.707. The van der Waals surface area contributed by atoms with Crippen LogP contribution in [0.3, 0.4) is 0 Å². The highest BCUT2D eigenvalue weighted by Crippen LogP contribution is 2.38. The lowest BCUT2D eigenvalue weighted by Gasteiger charge is -2.35. The van der Waals surface area contributed by atoms with E-state index in [-0.39, 0.29) is 6.04 Å². The number of ketones is 1. The van der Waals surface area contributed by atoms with Gasteiger partial charge in [-0.2, -0.15) is 0 Å². The number of Topliss-reactive ketones (excluding diaryl/α,β-unsaturated/α-hetero) is 1. The number of pyridine rings is 1. The van der Waals surface area contributed by atoms with Crippen molar-refractivity contribution in [2.24, 2.45) is 0 Å². The molecule has 2 heterocycles. The predicted octanol–water partition coefficient (Wildman–Crippen LogP) is 4.35. The van der Waals surface area contributed by atoms with Crippen LogP contribution in [0.5, 0.6) is 0 Å². The van der Waals surface area contributed by atoms with Gasteiger partial charge in [0.05, 0.1) is 11.7 Å². The van der Waals surface area contributed by atoms with Gasteiger partial charge < -0.3 is 0 Å². The normalized spacial score (nSPS) is 21.1. The second-order valence-electron chi connectivity index (χ2n) is 6.52. The van der Waals surface area contributed by atoms with Gasteiger partial charge in [-0.05, 0) is 63.7 Å². The first-order valence-corrected chi connectivity index (χ1v) is 9.47. The summed E-state index contributed by atoms with van der Waals surface area (Å²) in [6, 6.07) is 8.47. The van der Waals surface area contributed by atoms with Gasteiger partial charge in [-0.25, -0.2) is 0 Å². The number of benzene rings is 1. The predicted molar refractivity (Wildman–Crippen MR) is 98.5 cm³/mol. The summed E-state index contributed by atoms with van der Waals surface area (Å²) < 4.78 is 1.01. The maximum absolute atomic E-state index is 11.7. The molecule has 1 fully saturated rings. The number of hydrogen-bond donors (Lipinski definition) is 0. The Morgan fingerprint density at radius 2 is 1.83 bits per heavy atom. The molecular weight excluding hydrogens is 388 g/mol. The van der Waals surface area contributed by atoms with Crippen LogP contribution in [0.25, 0.3) is 0 Å². The highest BCUT2D eigenvalue weighted by molar-refractivity contribution is 9.10. The number of halogens is 2. The van der Waals surface area contributed by atoms with Crippen molar-refractivity contribution in [3.05, 3.63) is 62.3 Å². The van der Waals surface area contributed by atoms with Crippen molar-refractivity contribution in [2.75, 3.05) is 13.1 Å². The van der Waals surface area contributed by atoms with Gasteiger partial charge in [0, 0.05) is 41.6 Å². The minimum atomic E-state index is 0.107. The average molecular weight is 406 g/mol. The number of carbonyl (C=O) groups is 1. The summed E-state index contributed by atoms with van der Waals surface area (Å²) in [5.41, 5.74) is 4.97. The lowest BCUT2D eigenvalue weighted by atomic mass is 9.94. The number of likely N-dealkylation sites (tertiary alicyclic amines) is 1. The molecule has 1 saturated heterocycles. The van der Waals surface area contributed by atoms with Crippen LogP contribution in [0, 0.1) is 0 Å². The Morgan fingerprint density at radius 3 is 2.62 bits per heavy atom. The summed E-state index contributed by atoms with van der Waals surface area (Å²) in [7, 11) is 0. The van der Waals surface area contributed by atoms with E-state index in [1.54, 1.807) is 0 Å². The fraction of sp³-hybridized carbons (Fsp3) is 0.368. The van der Waals surface area contributed by atoms with Gasteiger partial charge in [-0.15, -0.1) is 0 Å². The van der Waals surface area contributed by atoms with Crippen molar-refractivity contribution in [2.45, 2.75) is 31.7 Å². The molecule has 3 nitrogen and oxygen atoms in total. The second kappa shape index (κ2) is 6.58. The molecule has 1 aromatic carbocycles. The van der Waals surface area contributed by atoms with Gasteiger partial charge in [-0.3, -0.25) is 14.7 Å². The summed E-state index contributed by atoms with van der Waals surface area (Å²) in [5.74, 6) is 0.361. The number of nitrogens with zero attached hydrogens (tertiary/aromatic N) is 2. The smallest absolute Gasteiger partial charge is 0.135 e. The Balaban J connectivity index is 1.84. The van der Waals surface area contributed by atoms with Crippen LogP contribution < -0.4 is 0 Å². The third-order valence-electron chi connectivity index (χ3n) is 5.01. The van der Waals surface area contributed by atoms with Crippen LogP contribution in [-0.2, 0) is 17.6 Å². The number of piperidine rings is 1. The number of aromatic nitrogens is 1. The fourth-order valence-corrected chi connectivity index (χ4v) is 4.39. The molecule has 2 aromatic rings. The van der Waals surface area contributed by atoms with Crippen molar-refractivity contribution in [3.63, 3.8) is 0 Å². The summed E-state index contributed by atoms with van der Waals surface area (Å²) in [4.78, 5) is 18.8. The van der Waals surface area contributed by atoms with E-state index in [0.29, 0.717) is 18.6 Å². The third kappa shape index (κ3) is 3.03. The number of aryl methyl sites for hydroxylation is 2. The van der Waals surface area contributed by atoms with Gasteiger partial charge in [0.2, 0.25) is 0 Å². The standard InChI is InChI=1S/C19H18BrClN2O/c20-14-9-13-2-1-12-10-15(21)3-4-17(12)19(18(13)22-11-14)23-7-5-16(24)6-8-23/h3-4,9-11,19H,1-2,5-8H2. The minimum Gasteiger partial charge on any atom is -0.300 e. The Kier molecular flexibility index (Phi) is 4.46. The van der Waals surface area contributed by atoms with Crippen LogP contribution in [-0.4, -0.2) is 28.8 Å². The number of hydrogen-bond acceptors (Lipinski definition) is 3. The molecule has 5 heteroatoms. The Bertz CT molecular complexity index is 744. The van der Waals surface area contributed by atoms with E-state index in [0.717, 1.165) is 41.1 Å². The minimum absolute atomic E-state index is 0.107. The molecule has 0 amide bonds. The molecule has 0 spiro atoms. The van der Waals surface area contributed by atoms with Crippen LogP contribution in [0.4, 0.5) is 0 Å². The lowest BCUT2D eigenvalue weighted by molar-refractivity contribution is -0.121. The zero-order chi connectivity index (χ0) is 16.7. The molecule has 1 atom stereocenters. The molecule has 1 unspecified atom stereocenters. The van der Waals surface area contributed by atoms with Gasteiger partial charge in [0.25, 0.3) is 0 Å². The third-order valence-corrected chi connectivity index (χ3v) is 5.68. The van der Waals surface area contributed by atoms with Crippen LogP contribution in [0.1, 0.15) is 41.3 Å². The molecule has 1 aromatic heterocycles. The first-order chi connectivity index (χ1) is 11.6. The van der Waals surface area contributed by atoms with E-state index in [2.05, 4.69) is 39.0 Å². The highest BCUT2D eigenvalue weighted by atomic mass is 79.9. The molecule has 0 saturated carbocycles. The first-order valence-electron chi connectivity index (χ1n) is 8.30. The summed E-state index contributed by atoms with van der Waals surface area (Å²) in [6.07, 6.45) is 5.06. The number of fused-ring (bicyclic) bond motifs is 2. The number of rotatable bonds is 1. The summed E-state index contributed by atoms with van der Waals surface area (Å²) in [5, 5.41) is 0.779. The van der Waals surface area contributed by atoms with Gasteiger partial charge in [0.15, 0.2) is 0 Å². The van der Waals surface area contributed by atoms with E-state index in [9.17, 15) is 4.79 Å². The highest BCUT2D eigenvalue weighted by Gasteiger charge is 2.32. The van der Waals surface area contributed by atoms with Gasteiger partial charge >= 0.3 is 0 Å². The maximum atomic E-state index is 11.7. The molecule has 24 heavy (non-hydrogen) atoms. The van der Waals surface area contributed by atoms with Crippen molar-refractivity contribution in [1.82, 2.24) is 9.88 Å². The van der Waals surface area contributed by atoms with Crippen molar-refractivity contribution in [3.8, 4) is 0 Å². The van der Waals surface area contributed by atoms with Crippen LogP contribution in [0.2, 0.25) is 5.02 Å². The monoisotopic (exact) mass is 404 g/mol. The van der Waals surface area contributed by atoms with Crippen LogP contribution in [0.15, 0.2) is 34.9 Å². The van der Waals surface area contributed by atoms with Crippen molar-refractivity contribution in [1.29, 1.82) is 0 Å². The topological polar surface area (TPSA) is 33.2 Å². The van der Waals surface area contributed by atoms with E-state index in [4.69, 9.17) is 16.6 Å². The SMILES string of the molecule is O=C1CCN(C2c3ccc(Cl)cc3CCc3cc(Br)cnc32)CC1. The summed E-state index contributed by atoms with van der Waals surface area (Å²) >= 11 is 9.78. The van der Waals surface area contributed by atoms with E-state index >= 15 is 0 Å².